The van der Waals surface area contributed by atoms with Gasteiger partial charge in [-0.05, 0) is 35.4 Å². The molecule has 25 heavy (non-hydrogen) atoms. The lowest BCUT2D eigenvalue weighted by Crippen LogP contribution is -2.19. The van der Waals surface area contributed by atoms with Crippen LogP contribution in [0.1, 0.15) is 25.0 Å². The summed E-state index contributed by atoms with van der Waals surface area (Å²) < 4.78 is 10.8. The van der Waals surface area contributed by atoms with E-state index in [0.717, 1.165) is 11.1 Å². The van der Waals surface area contributed by atoms with Gasteiger partial charge in [0.05, 0.1) is 23.3 Å². The zero-order chi connectivity index (χ0) is 18.4. The molecule has 0 saturated heterocycles. The Balaban J connectivity index is 2.28. The highest BCUT2D eigenvalue weighted by atomic mass is 35.5. The Morgan fingerprint density at radius 1 is 0.800 bits per heavy atom. The van der Waals surface area contributed by atoms with E-state index in [0.29, 0.717) is 21.5 Å². The minimum atomic E-state index is -0.335. The highest BCUT2D eigenvalue weighted by Gasteiger charge is 2.25. The van der Waals surface area contributed by atoms with Gasteiger partial charge < -0.3 is 19.7 Å². The SMILES string of the molecule is CC(C)(c1ccc(OCCO)c(Cl)c1)c1ccc(OCCO)c(Cl)c1. The van der Waals surface area contributed by atoms with Crippen LogP contribution < -0.4 is 9.47 Å². The molecular weight excluding hydrogens is 363 g/mol. The van der Waals surface area contributed by atoms with Gasteiger partial charge in [0.1, 0.15) is 24.7 Å². The summed E-state index contributed by atoms with van der Waals surface area (Å²) in [7, 11) is 0. The lowest BCUT2D eigenvalue weighted by atomic mass is 9.78. The van der Waals surface area contributed by atoms with Crippen molar-refractivity contribution in [3.05, 3.63) is 57.6 Å². The largest absolute Gasteiger partial charge is 0.490 e. The van der Waals surface area contributed by atoms with E-state index >= 15 is 0 Å². The molecule has 4 nitrogen and oxygen atoms in total. The van der Waals surface area contributed by atoms with Gasteiger partial charge in [-0.25, -0.2) is 0 Å². The number of aliphatic hydroxyl groups is 2. The second kappa shape index (κ2) is 8.77. The third-order valence-electron chi connectivity index (χ3n) is 4.00. The summed E-state index contributed by atoms with van der Waals surface area (Å²) in [6.45, 7) is 4.43. The maximum atomic E-state index is 8.85. The fraction of sp³-hybridized carbons (Fsp3) is 0.368. The van der Waals surface area contributed by atoms with E-state index in [1.165, 1.54) is 0 Å². The number of hydrogen-bond acceptors (Lipinski definition) is 4. The van der Waals surface area contributed by atoms with Crippen molar-refractivity contribution in [2.45, 2.75) is 19.3 Å². The second-order valence-corrected chi connectivity index (χ2v) is 6.87. The summed E-state index contributed by atoms with van der Waals surface area (Å²) in [5.74, 6) is 1.09. The third-order valence-corrected chi connectivity index (χ3v) is 4.60. The fourth-order valence-electron chi connectivity index (χ4n) is 2.49. The third kappa shape index (κ3) is 4.79. The number of hydrogen-bond donors (Lipinski definition) is 2. The van der Waals surface area contributed by atoms with Crippen LogP contribution in [0.15, 0.2) is 36.4 Å². The lowest BCUT2D eigenvalue weighted by molar-refractivity contribution is 0.201. The van der Waals surface area contributed by atoms with Gasteiger partial charge in [0.15, 0.2) is 0 Å². The predicted molar refractivity (Wildman–Crippen MR) is 100 cm³/mol. The topological polar surface area (TPSA) is 58.9 Å². The van der Waals surface area contributed by atoms with Crippen molar-refractivity contribution in [1.29, 1.82) is 0 Å². The van der Waals surface area contributed by atoms with Gasteiger partial charge in [-0.2, -0.15) is 0 Å². The molecule has 0 amide bonds. The Labute approximate surface area is 157 Å². The minimum Gasteiger partial charge on any atom is -0.490 e. The average molecular weight is 385 g/mol. The quantitative estimate of drug-likeness (QED) is 0.720. The Hall–Kier alpha value is -1.46. The molecule has 6 heteroatoms. The number of benzene rings is 2. The summed E-state index contributed by atoms with van der Waals surface area (Å²) in [5.41, 5.74) is 1.68. The standard InChI is InChI=1S/C19H22Cl2O4/c1-19(2,13-3-5-17(15(20)11-13)24-9-7-22)14-4-6-18(16(21)12-14)25-10-8-23/h3-6,11-12,22-23H,7-10H2,1-2H3. The van der Waals surface area contributed by atoms with E-state index in [1.54, 1.807) is 12.1 Å². The van der Waals surface area contributed by atoms with E-state index in [9.17, 15) is 0 Å². The number of rotatable bonds is 8. The summed E-state index contributed by atoms with van der Waals surface area (Å²) in [6, 6.07) is 11.2. The van der Waals surface area contributed by atoms with Crippen molar-refractivity contribution < 1.29 is 19.7 Å². The molecule has 2 aromatic rings. The molecule has 136 valence electrons. The Kier molecular flexibility index (Phi) is 6.96. The molecule has 0 radical (unpaired) electrons. The molecule has 0 atom stereocenters. The maximum absolute atomic E-state index is 8.85. The first-order valence-corrected chi connectivity index (χ1v) is 8.73. The molecular formula is C19H22Cl2O4. The van der Waals surface area contributed by atoms with Crippen LogP contribution >= 0.6 is 23.2 Å². The summed E-state index contributed by atoms with van der Waals surface area (Å²) in [4.78, 5) is 0. The van der Waals surface area contributed by atoms with Gasteiger partial charge in [0, 0.05) is 5.41 Å². The summed E-state index contributed by atoms with van der Waals surface area (Å²) in [6.07, 6.45) is 0. The molecule has 0 aromatic heterocycles. The predicted octanol–water partition coefficient (Wildman–Crippen LogP) is 4.06. The molecule has 0 unspecified atom stereocenters. The van der Waals surface area contributed by atoms with Crippen molar-refractivity contribution in [3.63, 3.8) is 0 Å². The van der Waals surface area contributed by atoms with E-state index in [1.807, 2.05) is 24.3 Å². The van der Waals surface area contributed by atoms with Crippen LogP contribution in [-0.2, 0) is 5.41 Å². The van der Waals surface area contributed by atoms with Gasteiger partial charge in [-0.15, -0.1) is 0 Å². The van der Waals surface area contributed by atoms with Gasteiger partial charge in [-0.3, -0.25) is 0 Å². The zero-order valence-corrected chi connectivity index (χ0v) is 15.8. The number of halogens is 2. The van der Waals surface area contributed by atoms with Gasteiger partial charge in [-0.1, -0.05) is 49.2 Å². The van der Waals surface area contributed by atoms with Crippen molar-refractivity contribution in [3.8, 4) is 11.5 Å². The van der Waals surface area contributed by atoms with Crippen LogP contribution in [0.4, 0.5) is 0 Å². The second-order valence-electron chi connectivity index (χ2n) is 6.06. The van der Waals surface area contributed by atoms with Crippen LogP contribution in [0.5, 0.6) is 11.5 Å². The van der Waals surface area contributed by atoms with Crippen LogP contribution in [0.2, 0.25) is 10.0 Å². The highest BCUT2D eigenvalue weighted by molar-refractivity contribution is 6.32. The molecule has 0 heterocycles. The van der Waals surface area contributed by atoms with Gasteiger partial charge >= 0.3 is 0 Å². The molecule has 0 fully saturated rings. The molecule has 0 aliphatic rings. The molecule has 0 saturated carbocycles. The Morgan fingerprint density at radius 2 is 1.20 bits per heavy atom. The smallest absolute Gasteiger partial charge is 0.138 e. The first kappa shape index (κ1) is 19.9. The van der Waals surface area contributed by atoms with Crippen molar-refractivity contribution >= 4 is 23.2 Å². The minimum absolute atomic E-state index is 0.0627. The van der Waals surface area contributed by atoms with Crippen LogP contribution in [0.25, 0.3) is 0 Å². The average Bonchev–Trinajstić information content (AvgIpc) is 2.59. The monoisotopic (exact) mass is 384 g/mol. The molecule has 0 aliphatic carbocycles. The number of ether oxygens (including phenoxy) is 2. The van der Waals surface area contributed by atoms with Crippen molar-refractivity contribution in [2.24, 2.45) is 0 Å². The van der Waals surface area contributed by atoms with Crippen molar-refractivity contribution in [1.82, 2.24) is 0 Å². The highest BCUT2D eigenvalue weighted by Crippen LogP contribution is 2.38. The van der Waals surface area contributed by atoms with Gasteiger partial charge in [0.2, 0.25) is 0 Å². The zero-order valence-electron chi connectivity index (χ0n) is 14.3. The molecule has 2 aromatic carbocycles. The van der Waals surface area contributed by atoms with Crippen LogP contribution in [-0.4, -0.2) is 36.6 Å². The fourth-order valence-corrected chi connectivity index (χ4v) is 2.96. The van der Waals surface area contributed by atoms with E-state index < -0.39 is 0 Å². The van der Waals surface area contributed by atoms with E-state index in [2.05, 4.69) is 13.8 Å². The summed E-state index contributed by atoms with van der Waals surface area (Å²) in [5, 5.41) is 18.7. The molecule has 2 N–H and O–H groups in total. The van der Waals surface area contributed by atoms with E-state index in [-0.39, 0.29) is 31.8 Å². The molecule has 2 rings (SSSR count). The Bertz CT molecular complexity index is 657. The molecule has 0 spiro atoms. The van der Waals surface area contributed by atoms with Crippen LogP contribution in [0.3, 0.4) is 0 Å². The lowest BCUT2D eigenvalue weighted by Gasteiger charge is -2.27. The Morgan fingerprint density at radius 3 is 1.52 bits per heavy atom. The number of aliphatic hydroxyl groups excluding tert-OH is 2. The van der Waals surface area contributed by atoms with Crippen molar-refractivity contribution in [2.75, 3.05) is 26.4 Å². The van der Waals surface area contributed by atoms with Gasteiger partial charge in [0.25, 0.3) is 0 Å². The molecule has 0 bridgehead atoms. The normalized spacial score (nSPS) is 11.4. The first-order chi connectivity index (χ1) is 11.9. The summed E-state index contributed by atoms with van der Waals surface area (Å²) >= 11 is 12.6. The molecule has 0 aliphatic heterocycles. The van der Waals surface area contributed by atoms with E-state index in [4.69, 9.17) is 42.9 Å². The maximum Gasteiger partial charge on any atom is 0.138 e. The first-order valence-electron chi connectivity index (χ1n) is 7.97. The van der Waals surface area contributed by atoms with Crippen LogP contribution in [0, 0.1) is 0 Å².